The molecule has 2 aliphatic rings. The van der Waals surface area contributed by atoms with Crippen molar-refractivity contribution in [1.82, 2.24) is 15.2 Å². The molecule has 2 heterocycles. The Bertz CT molecular complexity index is 1050. The molecule has 2 amide bonds. The van der Waals surface area contributed by atoms with Crippen molar-refractivity contribution in [3.63, 3.8) is 0 Å². The van der Waals surface area contributed by atoms with Gasteiger partial charge < -0.3 is 0 Å². The molecule has 2 N–H and O–H groups in total. The Hall–Kier alpha value is -2.23. The van der Waals surface area contributed by atoms with Gasteiger partial charge in [0, 0.05) is 23.5 Å². The number of carbonyl (C=O) groups excluding carboxylic acids is 2. The minimum Gasteiger partial charge on any atom is -0.267 e. The highest BCUT2D eigenvalue weighted by Crippen LogP contribution is 2.32. The van der Waals surface area contributed by atoms with E-state index in [1.165, 1.54) is 50.3 Å². The number of thiophene rings is 1. The largest absolute Gasteiger partial charge is 0.279 e. The monoisotopic (exact) mass is 447 g/mol. The summed E-state index contributed by atoms with van der Waals surface area (Å²) in [4.78, 5) is 26.8. The topological polar surface area (TPSA) is 95.6 Å². The van der Waals surface area contributed by atoms with Crippen LogP contribution in [0.25, 0.3) is 0 Å². The molecule has 0 saturated carbocycles. The molecule has 1 atom stereocenters. The van der Waals surface area contributed by atoms with Crippen LogP contribution in [-0.2, 0) is 22.9 Å². The maximum Gasteiger partial charge on any atom is 0.279 e. The van der Waals surface area contributed by atoms with Crippen molar-refractivity contribution in [1.29, 1.82) is 0 Å². The Morgan fingerprint density at radius 2 is 1.73 bits per heavy atom. The van der Waals surface area contributed by atoms with Gasteiger partial charge in [0.05, 0.1) is 9.77 Å². The second-order valence-electron chi connectivity index (χ2n) is 7.95. The van der Waals surface area contributed by atoms with Crippen LogP contribution < -0.4 is 10.9 Å². The van der Waals surface area contributed by atoms with E-state index in [-0.39, 0.29) is 16.4 Å². The second-order valence-corrected chi connectivity index (χ2v) is 11.0. The van der Waals surface area contributed by atoms with Crippen LogP contribution in [0.5, 0.6) is 0 Å². The number of hydrogen-bond acceptors (Lipinski definition) is 5. The lowest BCUT2D eigenvalue weighted by molar-refractivity contribution is 0.0849. The van der Waals surface area contributed by atoms with Gasteiger partial charge in [0.1, 0.15) is 0 Å². The maximum atomic E-state index is 12.6. The van der Waals surface area contributed by atoms with Crippen LogP contribution in [0.15, 0.2) is 35.2 Å². The van der Waals surface area contributed by atoms with Gasteiger partial charge >= 0.3 is 0 Å². The molecule has 0 spiro atoms. The third kappa shape index (κ3) is 4.28. The highest BCUT2D eigenvalue weighted by Gasteiger charge is 2.27. The Morgan fingerprint density at radius 1 is 1.07 bits per heavy atom. The van der Waals surface area contributed by atoms with Gasteiger partial charge in [0.2, 0.25) is 10.0 Å². The lowest BCUT2D eigenvalue weighted by atomic mass is 9.90. The normalized spacial score (nSPS) is 19.3. The van der Waals surface area contributed by atoms with Gasteiger partial charge in [-0.15, -0.1) is 11.3 Å². The van der Waals surface area contributed by atoms with Crippen LogP contribution in [0, 0.1) is 5.92 Å². The highest BCUT2D eigenvalue weighted by molar-refractivity contribution is 7.89. The number of nitrogens with one attached hydrogen (secondary N) is 2. The van der Waals surface area contributed by atoms with Gasteiger partial charge in [-0.25, -0.2) is 8.42 Å². The zero-order valence-electron chi connectivity index (χ0n) is 16.8. The molecule has 4 rings (SSSR count). The van der Waals surface area contributed by atoms with E-state index in [1.54, 1.807) is 0 Å². The van der Waals surface area contributed by atoms with Gasteiger partial charge in [0.15, 0.2) is 0 Å². The summed E-state index contributed by atoms with van der Waals surface area (Å²) in [6.45, 7) is 3.27. The highest BCUT2D eigenvalue weighted by atomic mass is 32.2. The molecule has 1 aliphatic carbocycles. The third-order valence-electron chi connectivity index (χ3n) is 5.66. The first-order valence-corrected chi connectivity index (χ1v) is 12.4. The van der Waals surface area contributed by atoms with Crippen molar-refractivity contribution in [2.75, 3.05) is 13.1 Å². The van der Waals surface area contributed by atoms with Crippen LogP contribution in [-0.4, -0.2) is 37.6 Å². The third-order valence-corrected chi connectivity index (χ3v) is 8.81. The van der Waals surface area contributed by atoms with Crippen LogP contribution in [0.4, 0.5) is 0 Å². The summed E-state index contributed by atoms with van der Waals surface area (Å²) < 4.78 is 26.6. The Labute approximate surface area is 180 Å². The molecule has 1 aliphatic heterocycles. The van der Waals surface area contributed by atoms with Crippen molar-refractivity contribution >= 4 is 33.2 Å². The average molecular weight is 448 g/mol. The minimum absolute atomic E-state index is 0.170. The predicted octanol–water partition coefficient (Wildman–Crippen LogP) is 2.73. The van der Waals surface area contributed by atoms with Gasteiger partial charge in [0.25, 0.3) is 11.8 Å². The fourth-order valence-electron chi connectivity index (χ4n) is 3.92. The summed E-state index contributed by atoms with van der Waals surface area (Å²) in [5.74, 6) is -0.216. The molecule has 2 aromatic rings. The summed E-state index contributed by atoms with van der Waals surface area (Å²) in [7, 11) is -3.52. The number of benzene rings is 1. The summed E-state index contributed by atoms with van der Waals surface area (Å²) in [6.07, 6.45) is 4.85. The number of hydrogen-bond donors (Lipinski definition) is 2. The smallest absolute Gasteiger partial charge is 0.267 e. The minimum atomic E-state index is -3.52. The van der Waals surface area contributed by atoms with Crippen LogP contribution >= 0.6 is 11.3 Å². The number of fused-ring (bicyclic) bond motifs is 1. The molecular weight excluding hydrogens is 422 g/mol. The summed E-state index contributed by atoms with van der Waals surface area (Å²) in [5, 5.41) is 0. The number of carbonyl (C=O) groups is 2. The van der Waals surface area contributed by atoms with Crippen molar-refractivity contribution in [2.45, 2.75) is 43.9 Å². The maximum absolute atomic E-state index is 12.6. The molecule has 160 valence electrons. The molecular formula is C21H25N3O4S2. The molecule has 1 unspecified atom stereocenters. The first-order chi connectivity index (χ1) is 14.3. The van der Waals surface area contributed by atoms with Crippen LogP contribution in [0.2, 0.25) is 0 Å². The molecule has 9 heteroatoms. The average Bonchev–Trinajstić information content (AvgIpc) is 3.42. The molecule has 1 fully saturated rings. The zero-order chi connectivity index (χ0) is 21.3. The first kappa shape index (κ1) is 21.0. The van der Waals surface area contributed by atoms with Gasteiger partial charge in [-0.1, -0.05) is 6.92 Å². The van der Waals surface area contributed by atoms with E-state index in [0.717, 1.165) is 32.1 Å². The first-order valence-electron chi connectivity index (χ1n) is 10.2. The number of rotatable bonds is 4. The van der Waals surface area contributed by atoms with E-state index in [2.05, 4.69) is 17.8 Å². The van der Waals surface area contributed by atoms with E-state index in [9.17, 15) is 18.0 Å². The SMILES string of the molecule is CC1CCc2sc(C(=O)NNC(=O)c3ccc(S(=O)(=O)N4CCCC4)cc3)cc2C1. The van der Waals surface area contributed by atoms with Gasteiger partial charge in [-0.3, -0.25) is 20.4 Å². The summed E-state index contributed by atoms with van der Waals surface area (Å²) >= 11 is 1.47. The van der Waals surface area contributed by atoms with Crippen LogP contribution in [0.1, 0.15) is 56.7 Å². The van der Waals surface area contributed by atoms with E-state index in [4.69, 9.17) is 0 Å². The number of nitrogens with zero attached hydrogens (tertiary/aromatic N) is 1. The fourth-order valence-corrected chi connectivity index (χ4v) is 6.54. The molecule has 7 nitrogen and oxygen atoms in total. The predicted molar refractivity (Wildman–Crippen MR) is 115 cm³/mol. The molecule has 1 saturated heterocycles. The van der Waals surface area contributed by atoms with E-state index >= 15 is 0 Å². The summed E-state index contributed by atoms with van der Waals surface area (Å²) in [5.41, 5.74) is 6.36. The van der Waals surface area contributed by atoms with Crippen molar-refractivity contribution in [3.05, 3.63) is 51.2 Å². The van der Waals surface area contributed by atoms with E-state index in [1.807, 2.05) is 6.07 Å². The van der Waals surface area contributed by atoms with Gasteiger partial charge in [-0.2, -0.15) is 4.31 Å². The zero-order valence-corrected chi connectivity index (χ0v) is 18.4. The van der Waals surface area contributed by atoms with E-state index < -0.39 is 15.9 Å². The summed E-state index contributed by atoms with van der Waals surface area (Å²) in [6, 6.07) is 7.68. The number of sulfonamides is 1. The lowest BCUT2D eigenvalue weighted by Gasteiger charge is -2.16. The number of aryl methyl sites for hydroxylation is 1. The molecule has 0 bridgehead atoms. The molecule has 30 heavy (non-hydrogen) atoms. The van der Waals surface area contributed by atoms with Crippen molar-refractivity contribution < 1.29 is 18.0 Å². The lowest BCUT2D eigenvalue weighted by Crippen LogP contribution is -2.41. The Balaban J connectivity index is 1.37. The van der Waals surface area contributed by atoms with Crippen molar-refractivity contribution in [2.24, 2.45) is 5.92 Å². The number of hydrazine groups is 1. The van der Waals surface area contributed by atoms with Gasteiger partial charge in [-0.05, 0) is 73.9 Å². The quantitative estimate of drug-likeness (QED) is 0.705. The molecule has 0 radical (unpaired) electrons. The second kappa shape index (κ2) is 8.49. The Kier molecular flexibility index (Phi) is 5.95. The fraction of sp³-hybridized carbons (Fsp3) is 0.429. The molecule has 1 aromatic heterocycles. The Morgan fingerprint density at radius 3 is 2.43 bits per heavy atom. The molecule has 1 aromatic carbocycles. The van der Waals surface area contributed by atoms with Crippen molar-refractivity contribution in [3.8, 4) is 0 Å². The number of amides is 2. The van der Waals surface area contributed by atoms with E-state index in [0.29, 0.717) is 23.9 Å². The standard InChI is InChI=1S/C21H25N3O4S2/c1-14-4-9-18-16(12-14)13-19(29-18)21(26)23-22-20(25)15-5-7-17(8-6-15)30(27,28)24-10-2-3-11-24/h5-8,13-14H,2-4,9-12H2,1H3,(H,22,25)(H,23,26). The van der Waals surface area contributed by atoms with Crippen LogP contribution in [0.3, 0.4) is 0 Å².